The van der Waals surface area contributed by atoms with Gasteiger partial charge < -0.3 is 15.4 Å². The Kier molecular flexibility index (Phi) is 3.67. The minimum Gasteiger partial charge on any atom is -0.436 e. The lowest BCUT2D eigenvalue weighted by Gasteiger charge is -2.37. The Hall–Kier alpha value is -4.78. The van der Waals surface area contributed by atoms with E-state index in [0.717, 1.165) is 6.07 Å². The molecule has 0 radical (unpaired) electrons. The van der Waals surface area contributed by atoms with Crippen molar-refractivity contribution in [3.8, 4) is 6.07 Å². The Balaban J connectivity index is 1.94. The number of hydrogen-bond donors (Lipinski definition) is 1. The van der Waals surface area contributed by atoms with Crippen LogP contribution in [0.2, 0.25) is 0 Å². The Labute approximate surface area is 179 Å². The zero-order valence-electron chi connectivity index (χ0n) is 16.4. The first-order valence-electron chi connectivity index (χ1n) is 9.33. The van der Waals surface area contributed by atoms with Crippen molar-refractivity contribution >= 4 is 28.8 Å². The van der Waals surface area contributed by atoms with Crippen LogP contribution in [0.4, 0.5) is 11.4 Å². The van der Waals surface area contributed by atoms with E-state index in [1.807, 2.05) is 6.07 Å². The number of benzene rings is 2. The van der Waals surface area contributed by atoms with E-state index in [2.05, 4.69) is 0 Å². The first-order valence-corrected chi connectivity index (χ1v) is 9.33. The molecule has 1 amide bonds. The number of fused-ring (bicyclic) bond motifs is 4. The first-order chi connectivity index (χ1) is 15.2. The number of anilines is 1. The summed E-state index contributed by atoms with van der Waals surface area (Å²) in [5.41, 5.74) is 3.04. The summed E-state index contributed by atoms with van der Waals surface area (Å²) in [5.74, 6) is -3.11. The number of nitro benzene ring substituents is 1. The summed E-state index contributed by atoms with van der Waals surface area (Å²) in [4.78, 5) is 52.6. The smallest absolute Gasteiger partial charge is 0.269 e. The molecule has 1 atom stereocenters. The zero-order valence-corrected chi connectivity index (χ0v) is 16.4. The largest absolute Gasteiger partial charge is 0.436 e. The summed E-state index contributed by atoms with van der Waals surface area (Å²) >= 11 is 0. The van der Waals surface area contributed by atoms with Crippen molar-refractivity contribution in [1.82, 2.24) is 0 Å². The van der Waals surface area contributed by atoms with E-state index < -0.39 is 45.0 Å². The van der Waals surface area contributed by atoms with E-state index >= 15 is 0 Å². The van der Waals surface area contributed by atoms with Gasteiger partial charge in [0.05, 0.1) is 10.5 Å². The highest BCUT2D eigenvalue weighted by molar-refractivity contribution is 6.31. The molecule has 10 heteroatoms. The van der Waals surface area contributed by atoms with Crippen LogP contribution < -0.4 is 10.6 Å². The average Bonchev–Trinajstić information content (AvgIpc) is 2.99. The SMILES string of the molecule is CN1C(=O)C2(C(C#N)=C(N)OC3=C2C(=O)c2ccccc2C3=O)c2cc([N+](=O)[O-])ccc21. The molecular formula is C22H12N4O6. The molecule has 10 nitrogen and oxygen atoms in total. The van der Waals surface area contributed by atoms with Crippen molar-refractivity contribution in [3.63, 3.8) is 0 Å². The summed E-state index contributed by atoms with van der Waals surface area (Å²) in [6.07, 6.45) is 0. The highest BCUT2D eigenvalue weighted by Gasteiger charge is 2.63. The molecule has 0 fully saturated rings. The quantitative estimate of drug-likeness (QED) is 0.533. The van der Waals surface area contributed by atoms with Gasteiger partial charge in [-0.25, -0.2) is 0 Å². The van der Waals surface area contributed by atoms with Gasteiger partial charge in [-0.2, -0.15) is 5.26 Å². The van der Waals surface area contributed by atoms with E-state index in [9.17, 15) is 29.8 Å². The second-order valence-corrected chi connectivity index (χ2v) is 7.43. The number of nitrogens with two attached hydrogens (primary N) is 1. The number of ketones is 2. The summed E-state index contributed by atoms with van der Waals surface area (Å²) in [6, 6.07) is 11.5. The van der Waals surface area contributed by atoms with E-state index in [1.54, 1.807) is 12.1 Å². The lowest BCUT2D eigenvalue weighted by molar-refractivity contribution is -0.384. The minimum atomic E-state index is -2.15. The number of non-ortho nitro benzene ring substituents is 1. The maximum Gasteiger partial charge on any atom is 0.269 e. The average molecular weight is 428 g/mol. The van der Waals surface area contributed by atoms with E-state index in [4.69, 9.17) is 10.5 Å². The van der Waals surface area contributed by atoms with Gasteiger partial charge >= 0.3 is 0 Å². The molecule has 1 spiro atoms. The number of nitro groups is 1. The van der Waals surface area contributed by atoms with Gasteiger partial charge in [-0.1, -0.05) is 24.3 Å². The number of carbonyl (C=O) groups excluding carboxylic acids is 3. The first kappa shape index (κ1) is 19.2. The fourth-order valence-electron chi connectivity index (χ4n) is 4.59. The van der Waals surface area contributed by atoms with Crippen molar-refractivity contribution in [2.75, 3.05) is 11.9 Å². The summed E-state index contributed by atoms with van der Waals surface area (Å²) < 4.78 is 5.44. The maximum absolute atomic E-state index is 13.7. The second kappa shape index (κ2) is 6.12. The molecule has 5 rings (SSSR count). The third-order valence-electron chi connectivity index (χ3n) is 5.98. The van der Waals surface area contributed by atoms with Crippen molar-refractivity contribution < 1.29 is 24.0 Å². The monoisotopic (exact) mass is 428 g/mol. The van der Waals surface area contributed by atoms with Crippen LogP contribution in [0.3, 0.4) is 0 Å². The van der Waals surface area contributed by atoms with Gasteiger partial charge in [0.1, 0.15) is 17.1 Å². The lowest BCUT2D eigenvalue weighted by atomic mass is 9.64. The third-order valence-corrected chi connectivity index (χ3v) is 5.98. The van der Waals surface area contributed by atoms with Crippen molar-refractivity contribution in [3.05, 3.63) is 92.1 Å². The highest BCUT2D eigenvalue weighted by Crippen LogP contribution is 2.56. The number of allylic oxidation sites excluding steroid dienone is 1. The van der Waals surface area contributed by atoms with Crippen LogP contribution in [0.25, 0.3) is 0 Å². The van der Waals surface area contributed by atoms with Gasteiger partial charge in [0, 0.05) is 41.6 Å². The molecule has 32 heavy (non-hydrogen) atoms. The molecule has 3 aliphatic rings. The number of Topliss-reactive ketones (excluding diaryl/α,β-unsaturated/α-hetero) is 2. The molecule has 1 aliphatic carbocycles. The van der Waals surface area contributed by atoms with Gasteiger partial charge in [0.2, 0.25) is 17.6 Å². The molecule has 0 bridgehead atoms. The summed E-state index contributed by atoms with van der Waals surface area (Å²) in [5, 5.41) is 21.4. The number of rotatable bonds is 1. The number of nitrogens with zero attached hydrogens (tertiary/aromatic N) is 3. The molecule has 0 saturated carbocycles. The standard InChI is InChI=1S/C22H12N4O6/c1-25-15-7-6-10(26(30)31)8-13(15)22(21(25)29)14(9-23)20(24)32-19-16(22)17(27)11-4-2-3-5-12(11)18(19)28/h2-8H,24H2,1H3. The molecule has 156 valence electrons. The van der Waals surface area contributed by atoms with Crippen molar-refractivity contribution in [2.45, 2.75) is 5.41 Å². The summed E-state index contributed by atoms with van der Waals surface area (Å²) in [6.45, 7) is 0. The van der Waals surface area contributed by atoms with Crippen molar-refractivity contribution in [2.24, 2.45) is 5.73 Å². The number of likely N-dealkylation sites (N-methyl/N-ethyl adjacent to an activating group) is 1. The van der Waals surface area contributed by atoms with Gasteiger partial charge in [0.25, 0.3) is 5.69 Å². The number of amides is 1. The second-order valence-electron chi connectivity index (χ2n) is 7.43. The third kappa shape index (κ3) is 2.04. The van der Waals surface area contributed by atoms with Gasteiger partial charge in [-0.05, 0) is 6.07 Å². The number of ether oxygens (including phenoxy) is 1. The van der Waals surface area contributed by atoms with E-state index in [1.165, 1.54) is 36.2 Å². The molecule has 2 N–H and O–H groups in total. The van der Waals surface area contributed by atoms with Crippen LogP contribution in [0.15, 0.2) is 65.3 Å². The van der Waals surface area contributed by atoms with Gasteiger partial charge in [-0.3, -0.25) is 24.5 Å². The van der Waals surface area contributed by atoms with Gasteiger partial charge in [-0.15, -0.1) is 0 Å². The fraction of sp³-hybridized carbons (Fsp3) is 0.0909. The zero-order chi connectivity index (χ0) is 22.9. The molecule has 2 aromatic carbocycles. The fourth-order valence-corrected chi connectivity index (χ4v) is 4.59. The highest BCUT2D eigenvalue weighted by atomic mass is 16.6. The van der Waals surface area contributed by atoms with Gasteiger partial charge in [0.15, 0.2) is 11.5 Å². The molecule has 2 aliphatic heterocycles. The van der Waals surface area contributed by atoms with Crippen LogP contribution in [-0.4, -0.2) is 29.4 Å². The Bertz CT molecular complexity index is 1430. The molecular weight excluding hydrogens is 416 g/mol. The minimum absolute atomic E-state index is 0.00929. The molecule has 0 saturated heterocycles. The number of nitriles is 1. The lowest BCUT2D eigenvalue weighted by Crippen LogP contribution is -2.49. The normalized spacial score (nSPS) is 21.2. The van der Waals surface area contributed by atoms with Crippen LogP contribution in [0, 0.1) is 21.4 Å². The van der Waals surface area contributed by atoms with Crippen LogP contribution in [0.5, 0.6) is 0 Å². The predicted molar refractivity (Wildman–Crippen MR) is 108 cm³/mol. The van der Waals surface area contributed by atoms with Crippen LogP contribution in [-0.2, 0) is 14.9 Å². The van der Waals surface area contributed by atoms with E-state index in [-0.39, 0.29) is 33.6 Å². The topological polar surface area (TPSA) is 157 Å². The number of hydrogen-bond acceptors (Lipinski definition) is 8. The Morgan fingerprint density at radius 1 is 1.12 bits per heavy atom. The maximum atomic E-state index is 13.7. The predicted octanol–water partition coefficient (Wildman–Crippen LogP) is 1.87. The number of carbonyl (C=O) groups is 3. The molecule has 2 heterocycles. The van der Waals surface area contributed by atoms with Crippen LogP contribution in [0.1, 0.15) is 26.3 Å². The summed E-state index contributed by atoms with van der Waals surface area (Å²) in [7, 11) is 1.41. The van der Waals surface area contributed by atoms with Crippen molar-refractivity contribution in [1.29, 1.82) is 5.26 Å². The molecule has 0 aromatic heterocycles. The Morgan fingerprint density at radius 3 is 2.41 bits per heavy atom. The molecule has 1 unspecified atom stereocenters. The molecule has 2 aromatic rings. The van der Waals surface area contributed by atoms with E-state index in [0.29, 0.717) is 0 Å². The Morgan fingerprint density at radius 2 is 1.78 bits per heavy atom. The van der Waals surface area contributed by atoms with Crippen LogP contribution >= 0.6 is 0 Å².